The van der Waals surface area contributed by atoms with Gasteiger partial charge in [-0.2, -0.15) is 0 Å². The van der Waals surface area contributed by atoms with Gasteiger partial charge in [0.15, 0.2) is 5.82 Å². The molecule has 0 saturated carbocycles. The molecule has 0 aliphatic carbocycles. The van der Waals surface area contributed by atoms with Crippen LogP contribution in [0.15, 0.2) is 54.9 Å². The summed E-state index contributed by atoms with van der Waals surface area (Å²) in [6.45, 7) is 9.68. The van der Waals surface area contributed by atoms with Crippen LogP contribution in [-0.2, 0) is 4.79 Å². The number of hydrogen-bond acceptors (Lipinski definition) is 5. The van der Waals surface area contributed by atoms with Crippen LogP contribution in [0.3, 0.4) is 0 Å². The van der Waals surface area contributed by atoms with E-state index in [1.165, 1.54) is 16.7 Å². The Hall–Kier alpha value is -3.41. The van der Waals surface area contributed by atoms with Crippen LogP contribution in [0.25, 0.3) is 0 Å². The van der Waals surface area contributed by atoms with Crippen molar-refractivity contribution in [3.05, 3.63) is 77.1 Å². The Morgan fingerprint density at radius 1 is 1.06 bits per heavy atom. The normalized spacial score (nSPS) is 16.8. The van der Waals surface area contributed by atoms with Gasteiger partial charge in [0.2, 0.25) is 5.91 Å². The molecule has 1 aliphatic rings. The summed E-state index contributed by atoms with van der Waals surface area (Å²) in [7, 11) is 0. The van der Waals surface area contributed by atoms with Crippen molar-refractivity contribution in [1.29, 1.82) is 0 Å². The van der Waals surface area contributed by atoms with E-state index in [4.69, 9.17) is 4.74 Å². The van der Waals surface area contributed by atoms with Crippen molar-refractivity contribution in [2.75, 3.05) is 18.0 Å². The molecule has 1 fully saturated rings. The van der Waals surface area contributed by atoms with Gasteiger partial charge in [-0.3, -0.25) is 4.79 Å². The highest BCUT2D eigenvalue weighted by Crippen LogP contribution is 2.31. The number of hydrogen-bond donors (Lipinski definition) is 1. The highest BCUT2D eigenvalue weighted by Gasteiger charge is 2.29. The fourth-order valence-corrected chi connectivity index (χ4v) is 4.43. The lowest BCUT2D eigenvalue weighted by atomic mass is 9.95. The van der Waals surface area contributed by atoms with E-state index < -0.39 is 0 Å². The summed E-state index contributed by atoms with van der Waals surface area (Å²) in [6.07, 6.45) is 5.07. The van der Waals surface area contributed by atoms with Crippen molar-refractivity contribution in [2.24, 2.45) is 5.92 Å². The molecule has 0 bridgehead atoms. The molecular formula is C27H32N4O2. The van der Waals surface area contributed by atoms with Crippen LogP contribution >= 0.6 is 0 Å². The third-order valence-corrected chi connectivity index (χ3v) is 6.22. The second-order valence-electron chi connectivity index (χ2n) is 8.98. The van der Waals surface area contributed by atoms with Crippen LogP contribution in [0.2, 0.25) is 0 Å². The third kappa shape index (κ3) is 5.51. The van der Waals surface area contributed by atoms with Crippen LogP contribution in [0.5, 0.6) is 11.6 Å². The number of carbonyl (C=O) groups is 1. The Balaban J connectivity index is 1.45. The average Bonchev–Trinajstić information content (AvgIpc) is 2.81. The summed E-state index contributed by atoms with van der Waals surface area (Å²) in [5.74, 6) is 1.83. The van der Waals surface area contributed by atoms with Crippen LogP contribution in [0.1, 0.15) is 48.1 Å². The number of rotatable bonds is 6. The zero-order valence-corrected chi connectivity index (χ0v) is 19.8. The number of benzene rings is 2. The number of anilines is 1. The van der Waals surface area contributed by atoms with Crippen molar-refractivity contribution in [1.82, 2.24) is 15.3 Å². The molecule has 0 radical (unpaired) electrons. The van der Waals surface area contributed by atoms with E-state index in [0.717, 1.165) is 30.7 Å². The third-order valence-electron chi connectivity index (χ3n) is 6.22. The number of aromatic nitrogens is 2. The van der Waals surface area contributed by atoms with Crippen LogP contribution in [-0.4, -0.2) is 29.0 Å². The molecule has 33 heavy (non-hydrogen) atoms. The van der Waals surface area contributed by atoms with E-state index in [1.807, 2.05) is 38.1 Å². The van der Waals surface area contributed by atoms with Crippen LogP contribution in [0, 0.1) is 26.7 Å². The van der Waals surface area contributed by atoms with Gasteiger partial charge in [0, 0.05) is 25.5 Å². The summed E-state index contributed by atoms with van der Waals surface area (Å²) in [4.78, 5) is 24.2. The lowest BCUT2D eigenvalue weighted by Crippen LogP contribution is -2.44. The molecule has 3 aromatic rings. The van der Waals surface area contributed by atoms with E-state index in [2.05, 4.69) is 52.2 Å². The van der Waals surface area contributed by atoms with Gasteiger partial charge in [-0.05, 0) is 63.8 Å². The maximum atomic E-state index is 13.1. The predicted molar refractivity (Wildman–Crippen MR) is 131 cm³/mol. The number of nitrogens with zero attached hydrogens (tertiary/aromatic N) is 3. The lowest BCUT2D eigenvalue weighted by molar-refractivity contribution is -0.125. The lowest BCUT2D eigenvalue weighted by Gasteiger charge is -2.33. The monoisotopic (exact) mass is 444 g/mol. The second-order valence-corrected chi connectivity index (χ2v) is 8.98. The molecule has 1 aromatic heterocycles. The van der Waals surface area contributed by atoms with Crippen molar-refractivity contribution >= 4 is 11.7 Å². The SMILES string of the molecule is Cc1ccc(Oc2nccnc2N2CCC[C@@H](C(=O)N[C@@H](C)c3ccc(C)cc3C)C2)cc1. The van der Waals surface area contributed by atoms with Gasteiger partial charge in [0.1, 0.15) is 5.75 Å². The highest BCUT2D eigenvalue weighted by molar-refractivity contribution is 5.80. The van der Waals surface area contributed by atoms with E-state index >= 15 is 0 Å². The minimum Gasteiger partial charge on any atom is -0.436 e. The fourth-order valence-electron chi connectivity index (χ4n) is 4.43. The summed E-state index contributed by atoms with van der Waals surface area (Å²) in [5, 5.41) is 3.23. The molecule has 6 nitrogen and oxygen atoms in total. The molecule has 1 N–H and O–H groups in total. The van der Waals surface area contributed by atoms with Crippen molar-refractivity contribution in [2.45, 2.75) is 46.6 Å². The van der Waals surface area contributed by atoms with Gasteiger partial charge < -0.3 is 15.0 Å². The Kier molecular flexibility index (Phi) is 6.92. The minimum atomic E-state index is -0.110. The summed E-state index contributed by atoms with van der Waals surface area (Å²) < 4.78 is 6.04. The number of nitrogens with one attached hydrogen (secondary N) is 1. The van der Waals surface area contributed by atoms with E-state index in [9.17, 15) is 4.79 Å². The number of piperidine rings is 1. The number of ether oxygens (including phenoxy) is 1. The molecule has 0 unspecified atom stereocenters. The average molecular weight is 445 g/mol. The first-order valence-electron chi connectivity index (χ1n) is 11.6. The molecule has 1 aliphatic heterocycles. The number of amides is 1. The zero-order chi connectivity index (χ0) is 23.4. The fraction of sp³-hybridized carbons (Fsp3) is 0.370. The van der Waals surface area contributed by atoms with Crippen molar-refractivity contribution < 1.29 is 9.53 Å². The van der Waals surface area contributed by atoms with Crippen LogP contribution < -0.4 is 15.0 Å². The van der Waals surface area contributed by atoms with Gasteiger partial charge in [0.05, 0.1) is 12.0 Å². The summed E-state index contributed by atoms with van der Waals surface area (Å²) in [6, 6.07) is 14.2. The first-order valence-corrected chi connectivity index (χ1v) is 11.6. The molecular weight excluding hydrogens is 412 g/mol. The molecule has 2 aromatic carbocycles. The van der Waals surface area contributed by atoms with Gasteiger partial charge in [-0.1, -0.05) is 41.5 Å². The number of aryl methyl sites for hydroxylation is 3. The van der Waals surface area contributed by atoms with E-state index in [-0.39, 0.29) is 17.9 Å². The van der Waals surface area contributed by atoms with Gasteiger partial charge in [-0.25, -0.2) is 9.97 Å². The molecule has 0 spiro atoms. The molecule has 6 heteroatoms. The smallest absolute Gasteiger partial charge is 0.263 e. The standard InChI is InChI=1S/C27H32N4O2/c1-18-7-10-23(11-8-18)33-27-25(28-13-14-29-27)31-15-5-6-22(17-31)26(32)30-21(4)24-12-9-19(2)16-20(24)3/h7-14,16,21-22H,5-6,15,17H2,1-4H3,(H,30,32)/t21-,22+/m0/s1. The Labute approximate surface area is 196 Å². The minimum absolute atomic E-state index is 0.0366. The zero-order valence-electron chi connectivity index (χ0n) is 19.8. The first kappa shape index (κ1) is 22.8. The molecule has 172 valence electrons. The topological polar surface area (TPSA) is 67.4 Å². The van der Waals surface area contributed by atoms with Crippen LogP contribution in [0.4, 0.5) is 5.82 Å². The summed E-state index contributed by atoms with van der Waals surface area (Å²) >= 11 is 0. The van der Waals surface area contributed by atoms with Gasteiger partial charge in [-0.15, -0.1) is 0 Å². The number of carbonyl (C=O) groups excluding carboxylic acids is 1. The Morgan fingerprint density at radius 2 is 1.79 bits per heavy atom. The quantitative estimate of drug-likeness (QED) is 0.560. The molecule has 1 saturated heterocycles. The van der Waals surface area contributed by atoms with Crippen molar-refractivity contribution in [3.63, 3.8) is 0 Å². The van der Waals surface area contributed by atoms with Crippen molar-refractivity contribution in [3.8, 4) is 11.6 Å². The van der Waals surface area contributed by atoms with Gasteiger partial charge in [0.25, 0.3) is 5.88 Å². The predicted octanol–water partition coefficient (Wildman–Crippen LogP) is 5.29. The molecule has 2 heterocycles. The molecule has 2 atom stereocenters. The maximum absolute atomic E-state index is 13.1. The van der Waals surface area contributed by atoms with E-state index in [1.54, 1.807) is 12.4 Å². The summed E-state index contributed by atoms with van der Waals surface area (Å²) in [5.41, 5.74) is 4.75. The van der Waals surface area contributed by atoms with E-state index in [0.29, 0.717) is 18.2 Å². The molecule has 4 rings (SSSR count). The highest BCUT2D eigenvalue weighted by atomic mass is 16.5. The second kappa shape index (κ2) is 10.0. The molecule has 1 amide bonds. The maximum Gasteiger partial charge on any atom is 0.263 e. The van der Waals surface area contributed by atoms with Gasteiger partial charge >= 0.3 is 0 Å². The largest absolute Gasteiger partial charge is 0.436 e. The first-order chi connectivity index (χ1) is 15.9. The Morgan fingerprint density at radius 3 is 2.55 bits per heavy atom. The Bertz CT molecular complexity index is 1110.